The topological polar surface area (TPSA) is 17.1 Å². The lowest BCUT2D eigenvalue weighted by atomic mass is 9.78. The zero-order valence-electron chi connectivity index (χ0n) is 6.73. The normalized spacial score (nSPS) is 28.8. The third kappa shape index (κ3) is 1.86. The Balaban J connectivity index is 2.46. The van der Waals surface area contributed by atoms with Gasteiger partial charge in [-0.2, -0.15) is 0 Å². The molecule has 1 aliphatic carbocycles. The van der Waals surface area contributed by atoms with Crippen molar-refractivity contribution >= 4 is 37.6 Å². The average molecular weight is 284 g/mol. The molecule has 1 nitrogen and oxygen atoms in total. The molecular formula is C8H12Br2O. The summed E-state index contributed by atoms with van der Waals surface area (Å²) in [5.74, 6) is 1.43. The third-order valence-electron chi connectivity index (χ3n) is 2.07. The molecule has 0 amide bonds. The zero-order valence-corrected chi connectivity index (χ0v) is 9.91. The van der Waals surface area contributed by atoms with Crippen LogP contribution >= 0.6 is 31.9 Å². The minimum absolute atomic E-state index is 0.281. The summed E-state index contributed by atoms with van der Waals surface area (Å²) in [5, 5.41) is 0. The molecule has 3 heteroatoms. The molecule has 0 heterocycles. The van der Waals surface area contributed by atoms with Crippen molar-refractivity contribution in [3.05, 3.63) is 0 Å². The second-order valence-electron chi connectivity index (χ2n) is 3.58. The number of ketones is 1. The summed E-state index contributed by atoms with van der Waals surface area (Å²) in [6.07, 6.45) is 1.84. The van der Waals surface area contributed by atoms with Crippen LogP contribution in [-0.2, 0) is 4.79 Å². The van der Waals surface area contributed by atoms with Crippen molar-refractivity contribution in [2.24, 2.45) is 11.8 Å². The van der Waals surface area contributed by atoms with Gasteiger partial charge in [-0.05, 0) is 18.3 Å². The standard InChI is InChI=1S/C8H12Br2O/c1-5(2)3-6-4-7(11)8(6,9)10/h5-6H,3-4H2,1-2H3. The summed E-state index contributed by atoms with van der Waals surface area (Å²) in [7, 11) is 0. The number of hydrogen-bond acceptors (Lipinski definition) is 1. The molecule has 1 rings (SSSR count). The Morgan fingerprint density at radius 2 is 2.18 bits per heavy atom. The summed E-state index contributed by atoms with van der Waals surface area (Å²) < 4.78 is -0.385. The SMILES string of the molecule is CC(C)CC1CC(=O)C1(Br)Br. The minimum Gasteiger partial charge on any atom is -0.297 e. The van der Waals surface area contributed by atoms with Gasteiger partial charge in [0.15, 0.2) is 5.78 Å². The van der Waals surface area contributed by atoms with Crippen LogP contribution in [-0.4, -0.2) is 9.02 Å². The van der Waals surface area contributed by atoms with Crippen molar-refractivity contribution in [1.29, 1.82) is 0 Å². The molecule has 64 valence electrons. The highest BCUT2D eigenvalue weighted by Gasteiger charge is 2.50. The molecule has 0 aromatic rings. The van der Waals surface area contributed by atoms with Gasteiger partial charge >= 0.3 is 0 Å². The fourth-order valence-corrected chi connectivity index (χ4v) is 2.41. The molecule has 0 aromatic heterocycles. The Morgan fingerprint density at radius 1 is 1.64 bits per heavy atom. The largest absolute Gasteiger partial charge is 0.297 e. The lowest BCUT2D eigenvalue weighted by Gasteiger charge is -2.39. The molecule has 0 bridgehead atoms. The Kier molecular flexibility index (Phi) is 2.80. The average Bonchev–Trinajstić information content (AvgIpc) is 1.87. The number of halogens is 2. The summed E-state index contributed by atoms with van der Waals surface area (Å²) in [6, 6.07) is 0. The van der Waals surface area contributed by atoms with E-state index in [0.29, 0.717) is 11.8 Å². The molecule has 1 saturated carbocycles. The van der Waals surface area contributed by atoms with E-state index >= 15 is 0 Å². The number of alkyl halides is 2. The molecule has 0 saturated heterocycles. The van der Waals surface area contributed by atoms with Crippen molar-refractivity contribution in [2.45, 2.75) is 29.9 Å². The molecule has 1 aliphatic rings. The molecule has 0 N–H and O–H groups in total. The van der Waals surface area contributed by atoms with E-state index in [9.17, 15) is 4.79 Å². The van der Waals surface area contributed by atoms with Gasteiger partial charge in [-0.3, -0.25) is 4.79 Å². The summed E-state index contributed by atoms with van der Waals surface area (Å²) in [6.45, 7) is 4.36. The molecule has 1 atom stereocenters. The van der Waals surface area contributed by atoms with Gasteiger partial charge in [-0.15, -0.1) is 0 Å². The first-order chi connectivity index (χ1) is 4.94. The maximum atomic E-state index is 11.1. The highest BCUT2D eigenvalue weighted by atomic mass is 79.9. The van der Waals surface area contributed by atoms with Crippen LogP contribution in [0.25, 0.3) is 0 Å². The molecule has 1 unspecified atom stereocenters. The van der Waals surface area contributed by atoms with Crippen molar-refractivity contribution in [3.63, 3.8) is 0 Å². The van der Waals surface area contributed by atoms with Gasteiger partial charge in [0.05, 0.1) is 0 Å². The van der Waals surface area contributed by atoms with Gasteiger partial charge in [0.2, 0.25) is 0 Å². The van der Waals surface area contributed by atoms with E-state index in [4.69, 9.17) is 0 Å². The molecule has 11 heavy (non-hydrogen) atoms. The molecule has 0 spiro atoms. The van der Waals surface area contributed by atoms with Crippen LogP contribution in [0.5, 0.6) is 0 Å². The molecule has 1 fully saturated rings. The Hall–Kier alpha value is 0.630. The van der Waals surface area contributed by atoms with Gasteiger partial charge < -0.3 is 0 Å². The minimum atomic E-state index is -0.385. The Bertz CT molecular complexity index is 175. The van der Waals surface area contributed by atoms with E-state index in [1.165, 1.54) is 0 Å². The van der Waals surface area contributed by atoms with Gasteiger partial charge in [0.1, 0.15) is 3.23 Å². The van der Waals surface area contributed by atoms with Gasteiger partial charge in [-0.25, -0.2) is 0 Å². The van der Waals surface area contributed by atoms with Crippen molar-refractivity contribution in [1.82, 2.24) is 0 Å². The molecule has 0 aliphatic heterocycles. The molecule has 0 radical (unpaired) electrons. The van der Waals surface area contributed by atoms with Crippen LogP contribution in [0, 0.1) is 11.8 Å². The van der Waals surface area contributed by atoms with Crippen molar-refractivity contribution < 1.29 is 4.79 Å². The monoisotopic (exact) mass is 282 g/mol. The van der Waals surface area contributed by atoms with Crippen LogP contribution in [0.3, 0.4) is 0 Å². The summed E-state index contributed by atoms with van der Waals surface area (Å²) >= 11 is 6.78. The number of Topliss-reactive ketones (excluding diaryl/α,β-unsaturated/α-hetero) is 1. The second-order valence-corrected chi connectivity index (χ2v) is 7.14. The van der Waals surface area contributed by atoms with Gasteiger partial charge in [0.25, 0.3) is 0 Å². The number of carbonyl (C=O) groups is 1. The van der Waals surface area contributed by atoms with Gasteiger partial charge in [0, 0.05) is 6.42 Å². The maximum absolute atomic E-state index is 11.1. The summed E-state index contributed by atoms with van der Waals surface area (Å²) in [5.41, 5.74) is 0. The fraction of sp³-hybridized carbons (Fsp3) is 0.875. The van der Waals surface area contributed by atoms with Gasteiger partial charge in [-0.1, -0.05) is 45.7 Å². The van der Waals surface area contributed by atoms with E-state index in [1.807, 2.05) is 0 Å². The fourth-order valence-electron chi connectivity index (χ4n) is 1.39. The number of rotatable bonds is 2. The van der Waals surface area contributed by atoms with E-state index in [0.717, 1.165) is 12.8 Å². The third-order valence-corrected chi connectivity index (χ3v) is 4.25. The van der Waals surface area contributed by atoms with E-state index in [1.54, 1.807) is 0 Å². The number of hydrogen-bond donors (Lipinski definition) is 0. The lowest BCUT2D eigenvalue weighted by molar-refractivity contribution is -0.127. The second kappa shape index (κ2) is 3.17. The van der Waals surface area contributed by atoms with E-state index in [2.05, 4.69) is 45.7 Å². The lowest BCUT2D eigenvalue weighted by Crippen LogP contribution is -2.47. The zero-order chi connectivity index (χ0) is 8.65. The van der Waals surface area contributed by atoms with E-state index < -0.39 is 0 Å². The van der Waals surface area contributed by atoms with Crippen molar-refractivity contribution in [3.8, 4) is 0 Å². The number of carbonyl (C=O) groups excluding carboxylic acids is 1. The van der Waals surface area contributed by atoms with Crippen LogP contribution in [0.4, 0.5) is 0 Å². The quantitative estimate of drug-likeness (QED) is 0.712. The first kappa shape index (κ1) is 9.72. The highest BCUT2D eigenvalue weighted by molar-refractivity contribution is 9.26. The predicted octanol–water partition coefficient (Wildman–Crippen LogP) is 3.11. The molecule has 0 aromatic carbocycles. The van der Waals surface area contributed by atoms with Crippen LogP contribution < -0.4 is 0 Å². The van der Waals surface area contributed by atoms with E-state index in [-0.39, 0.29) is 9.02 Å². The van der Waals surface area contributed by atoms with Crippen LogP contribution in [0.1, 0.15) is 26.7 Å². The summed E-state index contributed by atoms with van der Waals surface area (Å²) in [4.78, 5) is 11.1. The smallest absolute Gasteiger partial charge is 0.160 e. The maximum Gasteiger partial charge on any atom is 0.160 e. The first-order valence-corrected chi connectivity index (χ1v) is 5.44. The predicted molar refractivity (Wildman–Crippen MR) is 53.2 cm³/mol. The van der Waals surface area contributed by atoms with Crippen LogP contribution in [0.2, 0.25) is 0 Å². The Labute approximate surface area is 84.2 Å². The Morgan fingerprint density at radius 3 is 2.45 bits per heavy atom. The molecular weight excluding hydrogens is 272 g/mol. The first-order valence-electron chi connectivity index (χ1n) is 3.85. The van der Waals surface area contributed by atoms with Crippen molar-refractivity contribution in [2.75, 3.05) is 0 Å². The highest BCUT2D eigenvalue weighted by Crippen LogP contribution is 2.50. The van der Waals surface area contributed by atoms with Crippen LogP contribution in [0.15, 0.2) is 0 Å².